The zero-order chi connectivity index (χ0) is 14.3. The van der Waals surface area contributed by atoms with E-state index < -0.39 is 0 Å². The van der Waals surface area contributed by atoms with Crippen molar-refractivity contribution in [3.05, 3.63) is 0 Å². The Morgan fingerprint density at radius 3 is 2.32 bits per heavy atom. The first-order chi connectivity index (χ1) is 9.13. The van der Waals surface area contributed by atoms with Gasteiger partial charge in [0.25, 0.3) is 0 Å². The Kier molecular flexibility index (Phi) is 6.41. The maximum atomic E-state index is 5.35. The Hall–Kier alpha value is -1.50. The second-order valence-corrected chi connectivity index (χ2v) is 4.86. The van der Waals surface area contributed by atoms with E-state index in [0.29, 0.717) is 24.1 Å². The summed E-state index contributed by atoms with van der Waals surface area (Å²) in [7, 11) is 3.28. The van der Waals surface area contributed by atoms with Gasteiger partial charge in [0.05, 0.1) is 14.2 Å². The molecule has 0 aromatic heterocycles. The van der Waals surface area contributed by atoms with Crippen molar-refractivity contribution in [1.82, 2.24) is 0 Å². The van der Waals surface area contributed by atoms with Gasteiger partial charge in [-0.05, 0) is 12.3 Å². The molecule has 0 spiro atoms. The molecule has 0 amide bonds. The molecule has 1 aliphatic rings. The predicted molar refractivity (Wildman–Crippen MR) is 78.6 cm³/mol. The van der Waals surface area contributed by atoms with Crippen LogP contribution in [-0.2, 0) is 9.47 Å². The number of ether oxygens (including phenoxy) is 2. The van der Waals surface area contributed by atoms with E-state index in [2.05, 4.69) is 42.6 Å². The average molecular weight is 264 g/mol. The summed E-state index contributed by atoms with van der Waals surface area (Å²) in [5.74, 6) is 7.92. The Morgan fingerprint density at radius 1 is 1.11 bits per heavy atom. The molecule has 2 atom stereocenters. The van der Waals surface area contributed by atoms with E-state index in [9.17, 15) is 0 Å². The van der Waals surface area contributed by atoms with Crippen molar-refractivity contribution in [2.45, 2.75) is 52.1 Å². The van der Waals surface area contributed by atoms with Crippen LogP contribution in [0.4, 0.5) is 0 Å². The zero-order valence-electron chi connectivity index (χ0n) is 12.6. The third kappa shape index (κ3) is 4.27. The zero-order valence-corrected chi connectivity index (χ0v) is 12.6. The van der Waals surface area contributed by atoms with Gasteiger partial charge in [0.15, 0.2) is 0 Å². The van der Waals surface area contributed by atoms with Crippen LogP contribution in [-0.4, -0.2) is 38.1 Å². The van der Waals surface area contributed by atoms with Crippen LogP contribution in [0.25, 0.3) is 0 Å². The maximum absolute atomic E-state index is 5.35. The van der Waals surface area contributed by atoms with Gasteiger partial charge in [0.1, 0.15) is 12.1 Å². The van der Waals surface area contributed by atoms with Crippen LogP contribution in [0.2, 0.25) is 0 Å². The van der Waals surface area contributed by atoms with Crippen molar-refractivity contribution in [2.75, 3.05) is 14.2 Å². The van der Waals surface area contributed by atoms with Crippen molar-refractivity contribution >= 4 is 11.8 Å². The number of rotatable bonds is 3. The Bertz CT molecular complexity index is 402. The lowest BCUT2D eigenvalue weighted by molar-refractivity contribution is 0.333. The monoisotopic (exact) mass is 264 g/mol. The molecule has 0 fully saturated rings. The number of unbranched alkanes of at least 4 members (excludes halogenated alkanes) is 1. The minimum Gasteiger partial charge on any atom is -0.483 e. The minimum absolute atomic E-state index is 0.0557. The molecule has 0 saturated carbocycles. The van der Waals surface area contributed by atoms with E-state index in [4.69, 9.17) is 9.47 Å². The van der Waals surface area contributed by atoms with Gasteiger partial charge in [-0.3, -0.25) is 0 Å². The molecule has 0 aliphatic carbocycles. The highest BCUT2D eigenvalue weighted by molar-refractivity contribution is 5.94. The molecule has 0 bridgehead atoms. The van der Waals surface area contributed by atoms with Crippen molar-refractivity contribution < 1.29 is 9.47 Å². The van der Waals surface area contributed by atoms with E-state index in [1.807, 2.05) is 0 Å². The van der Waals surface area contributed by atoms with E-state index in [1.165, 1.54) is 0 Å². The first-order valence-electron chi connectivity index (χ1n) is 6.83. The molecule has 4 nitrogen and oxygen atoms in total. The Morgan fingerprint density at radius 2 is 1.79 bits per heavy atom. The van der Waals surface area contributed by atoms with Gasteiger partial charge in [-0.2, -0.15) is 0 Å². The van der Waals surface area contributed by atoms with Crippen molar-refractivity contribution in [1.29, 1.82) is 0 Å². The van der Waals surface area contributed by atoms with Crippen molar-refractivity contribution in [2.24, 2.45) is 15.9 Å². The highest BCUT2D eigenvalue weighted by atomic mass is 16.5. The largest absolute Gasteiger partial charge is 0.483 e. The van der Waals surface area contributed by atoms with Gasteiger partial charge >= 0.3 is 0 Å². The minimum atomic E-state index is -0.140. The molecule has 0 N–H and O–H groups in total. The summed E-state index contributed by atoms with van der Waals surface area (Å²) in [4.78, 5) is 9.19. The van der Waals surface area contributed by atoms with E-state index in [1.54, 1.807) is 14.2 Å². The summed E-state index contributed by atoms with van der Waals surface area (Å²) >= 11 is 0. The summed E-state index contributed by atoms with van der Waals surface area (Å²) in [6, 6.07) is -0.195. The first-order valence-corrected chi connectivity index (χ1v) is 6.83. The van der Waals surface area contributed by atoms with Crippen LogP contribution in [0.5, 0.6) is 0 Å². The van der Waals surface area contributed by atoms with Gasteiger partial charge in [0.2, 0.25) is 11.8 Å². The Labute approximate surface area is 116 Å². The smallest absolute Gasteiger partial charge is 0.210 e. The summed E-state index contributed by atoms with van der Waals surface area (Å²) in [5.41, 5.74) is 0. The molecule has 4 heteroatoms. The molecule has 1 aliphatic heterocycles. The molecule has 0 unspecified atom stereocenters. The molecule has 0 saturated heterocycles. The van der Waals surface area contributed by atoms with E-state index in [-0.39, 0.29) is 12.1 Å². The molecule has 0 aromatic rings. The highest BCUT2D eigenvalue weighted by Gasteiger charge is 2.30. The van der Waals surface area contributed by atoms with Crippen LogP contribution in [0.15, 0.2) is 9.98 Å². The standard InChI is InChI=1S/C15H24N2O2/c1-6-7-8-9-10-12-14(18-4)17-13(11(2)3)15(16-12)19-5/h11-13H,6-7,10H2,1-5H3/t12-,13+/m0/s1. The number of nitrogens with zero attached hydrogens (tertiary/aromatic N) is 2. The van der Waals surface area contributed by atoms with Gasteiger partial charge in [-0.15, -0.1) is 11.8 Å². The van der Waals surface area contributed by atoms with E-state index in [0.717, 1.165) is 12.8 Å². The van der Waals surface area contributed by atoms with Crippen LogP contribution in [0, 0.1) is 17.8 Å². The maximum Gasteiger partial charge on any atom is 0.210 e. The number of methoxy groups -OCH3 is 2. The fourth-order valence-electron chi connectivity index (χ4n) is 1.88. The third-order valence-corrected chi connectivity index (χ3v) is 2.93. The molecule has 0 aromatic carbocycles. The van der Waals surface area contributed by atoms with Gasteiger partial charge in [-0.1, -0.05) is 20.8 Å². The fourth-order valence-corrected chi connectivity index (χ4v) is 1.88. The lowest BCUT2D eigenvalue weighted by Gasteiger charge is -2.26. The normalized spacial score (nSPS) is 22.2. The van der Waals surface area contributed by atoms with Gasteiger partial charge < -0.3 is 9.47 Å². The first kappa shape index (κ1) is 15.6. The molecular weight excluding hydrogens is 240 g/mol. The second kappa shape index (κ2) is 7.83. The molecule has 106 valence electrons. The average Bonchev–Trinajstić information content (AvgIpc) is 2.42. The van der Waals surface area contributed by atoms with Crippen LogP contribution >= 0.6 is 0 Å². The number of hydrogen-bond acceptors (Lipinski definition) is 4. The van der Waals surface area contributed by atoms with Gasteiger partial charge in [-0.25, -0.2) is 9.98 Å². The van der Waals surface area contributed by atoms with Gasteiger partial charge in [0, 0.05) is 12.8 Å². The van der Waals surface area contributed by atoms with Crippen molar-refractivity contribution in [3.63, 3.8) is 0 Å². The summed E-state index contributed by atoms with van der Waals surface area (Å²) in [6.45, 7) is 6.31. The summed E-state index contributed by atoms with van der Waals surface area (Å²) < 4.78 is 10.7. The number of hydrogen-bond donors (Lipinski definition) is 0. The van der Waals surface area contributed by atoms with Crippen LogP contribution in [0.3, 0.4) is 0 Å². The molecular formula is C15H24N2O2. The van der Waals surface area contributed by atoms with E-state index >= 15 is 0 Å². The third-order valence-electron chi connectivity index (χ3n) is 2.93. The molecule has 19 heavy (non-hydrogen) atoms. The lowest BCUT2D eigenvalue weighted by Crippen LogP contribution is -2.37. The van der Waals surface area contributed by atoms with Crippen LogP contribution < -0.4 is 0 Å². The SMILES string of the molecule is CCCC#CC[C@@H]1N=C(OC)[C@@H](C(C)C)N=C1OC. The highest BCUT2D eigenvalue weighted by Crippen LogP contribution is 2.18. The molecule has 1 heterocycles. The van der Waals surface area contributed by atoms with Crippen molar-refractivity contribution in [3.8, 4) is 11.8 Å². The topological polar surface area (TPSA) is 43.2 Å². The predicted octanol–water partition coefficient (Wildman–Crippen LogP) is 2.68. The second-order valence-electron chi connectivity index (χ2n) is 4.86. The number of aliphatic imine (C=N–C) groups is 2. The Balaban J connectivity index is 2.84. The quantitative estimate of drug-likeness (QED) is 0.736. The summed E-state index contributed by atoms with van der Waals surface area (Å²) in [5, 5.41) is 0. The lowest BCUT2D eigenvalue weighted by atomic mass is 10.0. The fraction of sp³-hybridized carbons (Fsp3) is 0.733. The molecule has 0 radical (unpaired) electrons. The van der Waals surface area contributed by atoms with Crippen LogP contribution in [0.1, 0.15) is 40.0 Å². The summed E-state index contributed by atoms with van der Waals surface area (Å²) in [6.07, 6.45) is 2.62. The molecule has 1 rings (SSSR count).